The van der Waals surface area contributed by atoms with Crippen molar-refractivity contribution in [3.8, 4) is 0 Å². The minimum Gasteiger partial charge on any atom is -0.480 e. The van der Waals surface area contributed by atoms with Crippen molar-refractivity contribution >= 4 is 5.90 Å². The van der Waals surface area contributed by atoms with E-state index in [2.05, 4.69) is 4.74 Å². The van der Waals surface area contributed by atoms with Crippen LogP contribution in [-0.2, 0) is 9.47 Å². The molecule has 1 aliphatic rings. The van der Waals surface area contributed by atoms with Crippen molar-refractivity contribution in [2.45, 2.75) is 18.3 Å². The molecule has 0 radical (unpaired) electrons. The number of methoxy groups -OCH3 is 1. The molecule has 0 aliphatic carbocycles. The van der Waals surface area contributed by atoms with Gasteiger partial charge >= 0.3 is 0 Å². The predicted molar refractivity (Wildman–Crippen MR) is 46.8 cm³/mol. The normalized spacial score (nSPS) is 31.7. The van der Waals surface area contributed by atoms with E-state index in [4.69, 9.17) is 15.3 Å². The second kappa shape index (κ2) is 4.41. The second-order valence-corrected chi connectivity index (χ2v) is 2.88. The molecule has 3 atom stereocenters. The van der Waals surface area contributed by atoms with Crippen LogP contribution in [0.5, 0.6) is 0 Å². The summed E-state index contributed by atoms with van der Waals surface area (Å²) in [7, 11) is 1.29. The SMILES string of the molecule is COC(=N)C1=CC(O)C(O)C(CO)O1. The highest BCUT2D eigenvalue weighted by molar-refractivity contribution is 5.89. The number of ether oxygens (including phenoxy) is 2. The molecule has 0 aromatic heterocycles. The summed E-state index contributed by atoms with van der Waals surface area (Å²) >= 11 is 0. The molecule has 0 bridgehead atoms. The molecule has 0 aromatic carbocycles. The van der Waals surface area contributed by atoms with Crippen molar-refractivity contribution in [2.24, 2.45) is 0 Å². The van der Waals surface area contributed by atoms with Crippen LogP contribution in [0.2, 0.25) is 0 Å². The molecule has 1 rings (SSSR count). The molecule has 0 fully saturated rings. The maximum Gasteiger partial charge on any atom is 0.249 e. The molecule has 1 heterocycles. The first-order chi connectivity index (χ1) is 6.60. The van der Waals surface area contributed by atoms with E-state index in [-0.39, 0.29) is 11.7 Å². The summed E-state index contributed by atoms with van der Waals surface area (Å²) in [6, 6.07) is 0. The van der Waals surface area contributed by atoms with E-state index < -0.39 is 24.9 Å². The summed E-state index contributed by atoms with van der Waals surface area (Å²) < 4.78 is 9.60. The Balaban J connectivity index is 2.80. The highest BCUT2D eigenvalue weighted by Gasteiger charge is 2.33. The van der Waals surface area contributed by atoms with Gasteiger partial charge in [-0.05, 0) is 6.08 Å². The molecule has 1 aliphatic heterocycles. The Hall–Kier alpha value is -1.11. The second-order valence-electron chi connectivity index (χ2n) is 2.88. The van der Waals surface area contributed by atoms with Crippen LogP contribution in [0, 0.1) is 5.41 Å². The van der Waals surface area contributed by atoms with E-state index in [0.717, 1.165) is 0 Å². The number of nitrogens with one attached hydrogen (secondary N) is 1. The van der Waals surface area contributed by atoms with E-state index in [1.807, 2.05) is 0 Å². The third-order valence-corrected chi connectivity index (χ3v) is 1.94. The fraction of sp³-hybridized carbons (Fsp3) is 0.625. The molecule has 0 spiro atoms. The molecule has 6 nitrogen and oxygen atoms in total. The van der Waals surface area contributed by atoms with Gasteiger partial charge in [0.2, 0.25) is 5.90 Å². The van der Waals surface area contributed by atoms with E-state index in [1.54, 1.807) is 0 Å². The van der Waals surface area contributed by atoms with Crippen LogP contribution in [0.3, 0.4) is 0 Å². The van der Waals surface area contributed by atoms with Gasteiger partial charge in [0.1, 0.15) is 12.2 Å². The van der Waals surface area contributed by atoms with Gasteiger partial charge in [-0.1, -0.05) is 0 Å². The predicted octanol–water partition coefficient (Wildman–Crippen LogP) is -1.39. The lowest BCUT2D eigenvalue weighted by Gasteiger charge is -2.30. The Morgan fingerprint density at radius 1 is 1.64 bits per heavy atom. The monoisotopic (exact) mass is 203 g/mol. The molecule has 6 heteroatoms. The Morgan fingerprint density at radius 2 is 2.29 bits per heavy atom. The van der Waals surface area contributed by atoms with Crippen molar-refractivity contribution in [2.75, 3.05) is 13.7 Å². The number of hydrogen-bond donors (Lipinski definition) is 4. The Labute approximate surface area is 80.9 Å². The van der Waals surface area contributed by atoms with Gasteiger partial charge in [0.05, 0.1) is 13.7 Å². The quantitative estimate of drug-likeness (QED) is 0.327. The zero-order valence-electron chi connectivity index (χ0n) is 7.67. The molecule has 80 valence electrons. The Morgan fingerprint density at radius 3 is 2.79 bits per heavy atom. The number of aliphatic hydroxyl groups is 3. The van der Waals surface area contributed by atoms with Crippen LogP contribution in [-0.4, -0.2) is 53.2 Å². The van der Waals surface area contributed by atoms with E-state index in [0.29, 0.717) is 0 Å². The van der Waals surface area contributed by atoms with Crippen molar-refractivity contribution in [3.05, 3.63) is 11.8 Å². The molecule has 4 N–H and O–H groups in total. The number of rotatable bonds is 2. The van der Waals surface area contributed by atoms with Gasteiger partial charge < -0.3 is 24.8 Å². The van der Waals surface area contributed by atoms with Crippen LogP contribution >= 0.6 is 0 Å². The van der Waals surface area contributed by atoms with Crippen LogP contribution in [0.15, 0.2) is 11.8 Å². The average Bonchev–Trinajstić information content (AvgIpc) is 2.20. The molecule has 0 saturated heterocycles. The summed E-state index contributed by atoms with van der Waals surface area (Å²) in [5, 5.41) is 34.7. The molecular weight excluding hydrogens is 190 g/mol. The first kappa shape index (κ1) is 11.0. The number of hydrogen-bond acceptors (Lipinski definition) is 6. The van der Waals surface area contributed by atoms with E-state index in [9.17, 15) is 10.2 Å². The summed E-state index contributed by atoms with van der Waals surface area (Å²) in [4.78, 5) is 0. The lowest BCUT2D eigenvalue weighted by Crippen LogP contribution is -2.44. The summed E-state index contributed by atoms with van der Waals surface area (Å²) in [5.74, 6) is -0.237. The largest absolute Gasteiger partial charge is 0.480 e. The summed E-state index contributed by atoms with van der Waals surface area (Å²) in [5.41, 5.74) is 0. The van der Waals surface area contributed by atoms with Gasteiger partial charge in [-0.2, -0.15) is 0 Å². The van der Waals surface area contributed by atoms with Gasteiger partial charge in [0.25, 0.3) is 0 Å². The number of aliphatic hydroxyl groups excluding tert-OH is 3. The van der Waals surface area contributed by atoms with Gasteiger partial charge in [-0.15, -0.1) is 0 Å². The molecular formula is C8H13NO5. The summed E-state index contributed by atoms with van der Waals surface area (Å²) in [6.45, 7) is -0.438. The zero-order chi connectivity index (χ0) is 10.7. The van der Waals surface area contributed by atoms with Crippen molar-refractivity contribution < 1.29 is 24.8 Å². The lowest BCUT2D eigenvalue weighted by atomic mass is 10.0. The maximum atomic E-state index is 9.32. The van der Waals surface area contributed by atoms with Crippen LogP contribution in [0.4, 0.5) is 0 Å². The van der Waals surface area contributed by atoms with Gasteiger partial charge in [-0.3, -0.25) is 5.41 Å². The standard InChI is InChI=1S/C8H13NO5/c1-13-8(9)5-2-4(11)7(12)6(3-10)14-5/h2,4,6-7,9-12H,3H2,1H3. The first-order valence-corrected chi connectivity index (χ1v) is 4.08. The van der Waals surface area contributed by atoms with Crippen molar-refractivity contribution in [3.63, 3.8) is 0 Å². The highest BCUT2D eigenvalue weighted by Crippen LogP contribution is 2.18. The third kappa shape index (κ3) is 2.03. The average molecular weight is 203 g/mol. The zero-order valence-corrected chi connectivity index (χ0v) is 7.67. The minimum absolute atomic E-state index is 0.0179. The van der Waals surface area contributed by atoms with Gasteiger partial charge in [-0.25, -0.2) is 0 Å². The topological polar surface area (TPSA) is 103 Å². The van der Waals surface area contributed by atoms with Gasteiger partial charge in [0, 0.05) is 0 Å². The van der Waals surface area contributed by atoms with Crippen molar-refractivity contribution in [1.82, 2.24) is 0 Å². The third-order valence-electron chi connectivity index (χ3n) is 1.94. The van der Waals surface area contributed by atoms with Crippen molar-refractivity contribution in [1.29, 1.82) is 5.41 Å². The maximum absolute atomic E-state index is 9.32. The Bertz CT molecular complexity index is 252. The molecule has 0 aromatic rings. The molecule has 0 saturated carbocycles. The highest BCUT2D eigenvalue weighted by atomic mass is 16.6. The van der Waals surface area contributed by atoms with E-state index in [1.165, 1.54) is 13.2 Å². The van der Waals surface area contributed by atoms with E-state index >= 15 is 0 Å². The van der Waals surface area contributed by atoms with Crippen LogP contribution < -0.4 is 0 Å². The fourth-order valence-corrected chi connectivity index (χ4v) is 1.12. The first-order valence-electron chi connectivity index (χ1n) is 4.08. The fourth-order valence-electron chi connectivity index (χ4n) is 1.12. The molecule has 3 unspecified atom stereocenters. The van der Waals surface area contributed by atoms with Gasteiger partial charge in [0.15, 0.2) is 11.9 Å². The molecule has 14 heavy (non-hydrogen) atoms. The minimum atomic E-state index is -1.19. The Kier molecular flexibility index (Phi) is 3.45. The van der Waals surface area contributed by atoms with Crippen LogP contribution in [0.25, 0.3) is 0 Å². The smallest absolute Gasteiger partial charge is 0.249 e. The lowest BCUT2D eigenvalue weighted by molar-refractivity contribution is -0.0873. The van der Waals surface area contributed by atoms with Crippen LogP contribution in [0.1, 0.15) is 0 Å². The summed E-state index contributed by atoms with van der Waals surface area (Å²) in [6.07, 6.45) is -2.11. The molecule has 0 amide bonds.